The summed E-state index contributed by atoms with van der Waals surface area (Å²) in [4.78, 5) is 4.11. The molecule has 2 heterocycles. The molecule has 2 rings (SSSR count). The fourth-order valence-corrected chi connectivity index (χ4v) is 2.73. The minimum absolute atomic E-state index is 0.668. The number of aromatic nitrogens is 1. The maximum Gasteiger partial charge on any atom is 0.192 e. The van der Waals surface area contributed by atoms with E-state index < -0.39 is 0 Å². The Bertz CT molecular complexity index is 386. The van der Waals surface area contributed by atoms with Gasteiger partial charge in [-0.2, -0.15) is 0 Å². The van der Waals surface area contributed by atoms with Crippen molar-refractivity contribution in [1.29, 1.82) is 0 Å². The number of hydrogen-bond acceptors (Lipinski definition) is 5. The molecule has 0 atom stereocenters. The molecule has 0 fully saturated rings. The lowest BCUT2D eigenvalue weighted by Gasteiger charge is -1.82. The van der Waals surface area contributed by atoms with E-state index in [4.69, 9.17) is 16.6 Å². The molecule has 56 valence electrons. The van der Waals surface area contributed by atoms with Crippen LogP contribution < -0.4 is 0 Å². The normalized spacial score (nSPS) is 10.2. The molecule has 0 saturated heterocycles. The van der Waals surface area contributed by atoms with E-state index in [-0.39, 0.29) is 0 Å². The Kier molecular flexibility index (Phi) is 1.85. The molecule has 2 nitrogen and oxygen atoms in total. The van der Waals surface area contributed by atoms with E-state index in [2.05, 4.69) is 4.98 Å². The predicted molar refractivity (Wildman–Crippen MR) is 48.5 cm³/mol. The van der Waals surface area contributed by atoms with E-state index in [1.165, 1.54) is 20.7 Å². The van der Waals surface area contributed by atoms with E-state index in [0.717, 1.165) is 10.8 Å². The molecule has 0 bridgehead atoms. The van der Waals surface area contributed by atoms with Crippen LogP contribution in [-0.2, 0) is 0 Å². The first kappa shape index (κ1) is 7.15. The van der Waals surface area contributed by atoms with Crippen LogP contribution in [0.25, 0.3) is 10.8 Å². The predicted octanol–water partition coefficient (Wildman–Crippen LogP) is 3.19. The van der Waals surface area contributed by atoms with Gasteiger partial charge in [0.15, 0.2) is 14.7 Å². The van der Waals surface area contributed by atoms with Crippen LogP contribution in [-0.4, -0.2) is 4.98 Å². The summed E-state index contributed by atoms with van der Waals surface area (Å²) in [5.41, 5.74) is 0. The first-order chi connectivity index (χ1) is 5.36. The average molecular weight is 201 g/mol. The second-order valence-corrected chi connectivity index (χ2v) is 4.58. The molecule has 0 aliphatic heterocycles. The van der Waals surface area contributed by atoms with Crippen molar-refractivity contribution in [2.24, 2.45) is 0 Å². The lowest BCUT2D eigenvalue weighted by Crippen LogP contribution is -1.67. The number of furan rings is 1. The van der Waals surface area contributed by atoms with Gasteiger partial charge in [0.05, 0.1) is 6.26 Å². The van der Waals surface area contributed by atoms with Gasteiger partial charge in [-0.3, -0.25) is 0 Å². The van der Waals surface area contributed by atoms with Crippen molar-refractivity contribution in [3.05, 3.63) is 22.4 Å². The highest BCUT2D eigenvalue weighted by molar-refractivity contribution is 7.79. The first-order valence-electron chi connectivity index (χ1n) is 2.87. The van der Waals surface area contributed by atoms with Crippen LogP contribution in [0.3, 0.4) is 0 Å². The van der Waals surface area contributed by atoms with Crippen molar-refractivity contribution in [2.45, 2.75) is 0 Å². The molecule has 2 aromatic heterocycles. The highest BCUT2D eigenvalue weighted by Gasteiger charge is 2.03. The molecule has 0 N–H and O–H groups in total. The topological polar surface area (TPSA) is 26.0 Å². The van der Waals surface area contributed by atoms with Crippen LogP contribution in [0.5, 0.6) is 0 Å². The summed E-state index contributed by atoms with van der Waals surface area (Å²) >= 11 is 4.88. The number of rotatable bonds is 1. The molecular formula is C6H3NOS3. The van der Waals surface area contributed by atoms with Crippen LogP contribution >= 0.6 is 32.9 Å². The van der Waals surface area contributed by atoms with Gasteiger partial charge in [0.1, 0.15) is 0 Å². The molecule has 11 heavy (non-hydrogen) atoms. The zero-order chi connectivity index (χ0) is 7.68. The molecular weight excluding hydrogens is 198 g/mol. The van der Waals surface area contributed by atoms with Crippen molar-refractivity contribution in [1.82, 2.24) is 4.98 Å². The molecule has 0 aliphatic rings. The monoisotopic (exact) mass is 201 g/mol. The van der Waals surface area contributed by atoms with Gasteiger partial charge in [0, 0.05) is 0 Å². The summed E-state index contributed by atoms with van der Waals surface area (Å²) in [7, 11) is 3.03. The Morgan fingerprint density at radius 1 is 1.45 bits per heavy atom. The van der Waals surface area contributed by atoms with E-state index in [0.29, 0.717) is 3.95 Å². The maximum absolute atomic E-state index is 5.14. The van der Waals surface area contributed by atoms with E-state index in [9.17, 15) is 0 Å². The molecule has 0 amide bonds. The van der Waals surface area contributed by atoms with Gasteiger partial charge in [0.25, 0.3) is 0 Å². The minimum atomic E-state index is 0.668. The maximum atomic E-state index is 5.14. The lowest BCUT2D eigenvalue weighted by atomic mass is 10.5. The largest absolute Gasteiger partial charge is 0.462 e. The Labute approximate surface area is 75.5 Å². The third kappa shape index (κ3) is 1.40. The zero-order valence-electron chi connectivity index (χ0n) is 5.31. The minimum Gasteiger partial charge on any atom is -0.462 e. The fourth-order valence-electron chi connectivity index (χ4n) is 0.692. The molecule has 0 aromatic carbocycles. The van der Waals surface area contributed by atoms with Crippen molar-refractivity contribution in [3.8, 4) is 10.8 Å². The van der Waals surface area contributed by atoms with Crippen LogP contribution in [0.1, 0.15) is 0 Å². The Morgan fingerprint density at radius 3 is 2.91 bits per heavy atom. The summed E-state index contributed by atoms with van der Waals surface area (Å²) < 4.78 is 5.81. The molecule has 0 aliphatic carbocycles. The van der Waals surface area contributed by atoms with Gasteiger partial charge in [-0.15, -0.1) is 0 Å². The van der Waals surface area contributed by atoms with Crippen LogP contribution in [0.2, 0.25) is 0 Å². The molecule has 0 spiro atoms. The highest BCUT2D eigenvalue weighted by Crippen LogP contribution is 2.25. The van der Waals surface area contributed by atoms with Crippen molar-refractivity contribution < 1.29 is 4.42 Å². The highest BCUT2D eigenvalue weighted by atomic mass is 32.9. The van der Waals surface area contributed by atoms with Gasteiger partial charge in [-0.05, 0) is 34.7 Å². The van der Waals surface area contributed by atoms with Crippen LogP contribution in [0, 0.1) is 3.95 Å². The lowest BCUT2D eigenvalue weighted by molar-refractivity contribution is 0.582. The van der Waals surface area contributed by atoms with Gasteiger partial charge in [-0.25, -0.2) is 4.98 Å². The molecule has 2 aromatic rings. The first-order valence-corrected chi connectivity index (χ1v) is 5.43. The van der Waals surface area contributed by atoms with E-state index in [1.54, 1.807) is 6.26 Å². The molecule has 5 heteroatoms. The van der Waals surface area contributed by atoms with Gasteiger partial charge < -0.3 is 4.42 Å². The molecule has 0 saturated carbocycles. The van der Waals surface area contributed by atoms with Crippen molar-refractivity contribution in [2.75, 3.05) is 0 Å². The average Bonchev–Trinajstić information content (AvgIpc) is 2.55. The standard InChI is InChI=1S/C6H3NOS3/c9-6-7-5(10-11-6)4-2-1-3-8-4/h1-3H. The SMILES string of the molecule is S=c1nc(-c2ccco2)ss1. The Hall–Kier alpha value is -0.520. The summed E-state index contributed by atoms with van der Waals surface area (Å²) in [6.45, 7) is 0. The zero-order valence-corrected chi connectivity index (χ0v) is 7.76. The summed E-state index contributed by atoms with van der Waals surface area (Å²) in [6.07, 6.45) is 1.63. The number of hydrogen-bond donors (Lipinski definition) is 0. The quantitative estimate of drug-likeness (QED) is 0.523. The fraction of sp³-hybridized carbons (Fsp3) is 0. The second kappa shape index (κ2) is 2.84. The van der Waals surface area contributed by atoms with Crippen LogP contribution in [0.15, 0.2) is 22.8 Å². The third-order valence-corrected chi connectivity index (χ3v) is 3.74. The van der Waals surface area contributed by atoms with Gasteiger partial charge >= 0.3 is 0 Å². The Balaban J connectivity index is 2.53. The van der Waals surface area contributed by atoms with Crippen LogP contribution in [0.4, 0.5) is 0 Å². The second-order valence-electron chi connectivity index (χ2n) is 1.83. The smallest absolute Gasteiger partial charge is 0.192 e. The summed E-state index contributed by atoms with van der Waals surface area (Å²) in [5.74, 6) is 0.794. The Morgan fingerprint density at radius 2 is 2.36 bits per heavy atom. The van der Waals surface area contributed by atoms with Crippen molar-refractivity contribution in [3.63, 3.8) is 0 Å². The van der Waals surface area contributed by atoms with Gasteiger partial charge in [-0.1, -0.05) is 10.3 Å². The summed E-state index contributed by atoms with van der Waals surface area (Å²) in [5, 5.41) is 0.866. The number of nitrogens with zero attached hydrogens (tertiary/aromatic N) is 1. The third-order valence-electron chi connectivity index (χ3n) is 1.12. The summed E-state index contributed by atoms with van der Waals surface area (Å²) in [6, 6.07) is 3.71. The molecule has 0 unspecified atom stereocenters. The van der Waals surface area contributed by atoms with Crippen molar-refractivity contribution >= 4 is 32.9 Å². The van der Waals surface area contributed by atoms with E-state index >= 15 is 0 Å². The van der Waals surface area contributed by atoms with E-state index in [1.807, 2.05) is 12.1 Å². The van der Waals surface area contributed by atoms with Gasteiger partial charge in [0.2, 0.25) is 0 Å². The molecule has 0 radical (unpaired) electrons.